The Morgan fingerprint density at radius 3 is 2.00 bits per heavy atom. The van der Waals surface area contributed by atoms with E-state index < -0.39 is 5.41 Å². The molecule has 0 aliphatic carbocycles. The van der Waals surface area contributed by atoms with Crippen LogP contribution in [0.5, 0.6) is 5.75 Å². The number of hydrogen-bond acceptors (Lipinski definition) is 6. The first-order chi connectivity index (χ1) is 19.6. The van der Waals surface area contributed by atoms with E-state index in [0.29, 0.717) is 12.2 Å². The van der Waals surface area contributed by atoms with Crippen molar-refractivity contribution in [3.05, 3.63) is 82.4 Å². The van der Waals surface area contributed by atoms with E-state index in [0.717, 1.165) is 36.0 Å². The van der Waals surface area contributed by atoms with Gasteiger partial charge in [-0.25, -0.2) is 0 Å². The number of nitrogens with zero attached hydrogens (tertiary/aromatic N) is 3. The molecule has 7 nitrogen and oxygen atoms in total. The Labute approximate surface area is 249 Å². The third kappa shape index (κ3) is 6.10. The lowest BCUT2D eigenvalue weighted by Crippen LogP contribution is -2.30. The van der Waals surface area contributed by atoms with Gasteiger partial charge in [0.2, 0.25) is 0 Å². The normalized spacial score (nSPS) is 14.2. The van der Waals surface area contributed by atoms with Gasteiger partial charge in [0.05, 0.1) is 16.8 Å². The van der Waals surface area contributed by atoms with Gasteiger partial charge in [0.15, 0.2) is 0 Å². The van der Waals surface area contributed by atoms with Gasteiger partial charge in [-0.2, -0.15) is 0 Å². The molecular formula is C35H44N4O3. The first kappa shape index (κ1) is 30.9. The summed E-state index contributed by atoms with van der Waals surface area (Å²) in [5, 5.41) is 20.5. The molecule has 1 aliphatic rings. The minimum atomic E-state index is -0.523. The molecule has 3 aromatic rings. The number of phenolic OH excluding ortho intramolecular Hbond substituents is 1. The van der Waals surface area contributed by atoms with Crippen molar-refractivity contribution in [3.8, 4) is 5.75 Å². The van der Waals surface area contributed by atoms with Gasteiger partial charge in [-0.3, -0.25) is 14.5 Å². The van der Waals surface area contributed by atoms with Gasteiger partial charge in [0.25, 0.3) is 11.8 Å². The first-order valence-corrected chi connectivity index (χ1v) is 14.7. The fraction of sp³-hybridized carbons (Fsp3) is 0.429. The van der Waals surface area contributed by atoms with Crippen molar-refractivity contribution >= 4 is 28.9 Å². The van der Waals surface area contributed by atoms with Gasteiger partial charge in [0, 0.05) is 17.5 Å². The van der Waals surface area contributed by atoms with Gasteiger partial charge in [-0.1, -0.05) is 98.2 Å². The summed E-state index contributed by atoms with van der Waals surface area (Å²) in [7, 11) is 0. The number of nitrogens with two attached hydrogens (primary N) is 1. The van der Waals surface area contributed by atoms with Gasteiger partial charge >= 0.3 is 0 Å². The maximum absolute atomic E-state index is 13.0. The van der Waals surface area contributed by atoms with E-state index in [1.54, 1.807) is 0 Å². The molecule has 0 saturated heterocycles. The van der Waals surface area contributed by atoms with Gasteiger partial charge in [-0.15, -0.1) is 10.2 Å². The molecule has 4 rings (SSSR count). The molecule has 0 radical (unpaired) electrons. The van der Waals surface area contributed by atoms with Crippen LogP contribution in [0.4, 0.5) is 17.1 Å². The van der Waals surface area contributed by atoms with Gasteiger partial charge in [0.1, 0.15) is 17.1 Å². The third-order valence-corrected chi connectivity index (χ3v) is 8.13. The highest BCUT2D eigenvalue weighted by molar-refractivity contribution is 6.22. The molecule has 0 fully saturated rings. The van der Waals surface area contributed by atoms with E-state index in [9.17, 15) is 14.7 Å². The van der Waals surface area contributed by atoms with Crippen LogP contribution in [0.25, 0.3) is 0 Å². The van der Waals surface area contributed by atoms with Crippen molar-refractivity contribution in [2.75, 3.05) is 12.3 Å². The van der Waals surface area contributed by atoms with Crippen molar-refractivity contribution < 1.29 is 14.7 Å². The van der Waals surface area contributed by atoms with E-state index >= 15 is 0 Å². The molecule has 222 valence electrons. The second-order valence-corrected chi connectivity index (χ2v) is 13.8. The minimum absolute atomic E-state index is 0.0413. The number of nitrogen functional groups attached to an aromatic ring is 1. The summed E-state index contributed by atoms with van der Waals surface area (Å²) in [6.45, 7) is 17.6. The zero-order chi connectivity index (χ0) is 31.0. The number of rotatable bonds is 9. The number of azo groups is 1. The topological polar surface area (TPSA) is 108 Å². The highest BCUT2D eigenvalue weighted by Gasteiger charge is 2.36. The summed E-state index contributed by atoms with van der Waals surface area (Å²) in [6.07, 6.45) is 2.51. The monoisotopic (exact) mass is 568 g/mol. The maximum Gasteiger partial charge on any atom is 0.261 e. The molecule has 2 amide bonds. The number of amides is 2. The molecule has 1 heterocycles. The lowest BCUT2D eigenvalue weighted by Gasteiger charge is -2.35. The number of imide groups is 1. The zero-order valence-corrected chi connectivity index (χ0v) is 26.2. The quantitative estimate of drug-likeness (QED) is 0.153. The molecule has 0 aromatic heterocycles. The lowest BCUT2D eigenvalue weighted by molar-refractivity contribution is 0.0652. The number of fused-ring (bicyclic) bond motifs is 1. The van der Waals surface area contributed by atoms with Crippen molar-refractivity contribution in [1.29, 1.82) is 0 Å². The van der Waals surface area contributed by atoms with E-state index in [1.807, 2.05) is 31.2 Å². The highest BCUT2D eigenvalue weighted by Crippen LogP contribution is 2.47. The van der Waals surface area contributed by atoms with E-state index in [4.69, 9.17) is 5.73 Å². The summed E-state index contributed by atoms with van der Waals surface area (Å²) >= 11 is 0. The molecule has 0 spiro atoms. The second kappa shape index (κ2) is 11.3. The fourth-order valence-electron chi connectivity index (χ4n) is 6.06. The number of phenols is 1. The molecule has 7 heteroatoms. The molecule has 0 atom stereocenters. The fourth-order valence-corrected chi connectivity index (χ4v) is 6.06. The van der Waals surface area contributed by atoms with E-state index in [1.165, 1.54) is 17.0 Å². The van der Waals surface area contributed by atoms with Crippen LogP contribution in [0.1, 0.15) is 112 Å². The van der Waals surface area contributed by atoms with Crippen LogP contribution in [0, 0.1) is 5.41 Å². The van der Waals surface area contributed by atoms with Crippen molar-refractivity contribution in [2.45, 2.75) is 85.5 Å². The molecule has 0 unspecified atom stereocenters. The smallest absolute Gasteiger partial charge is 0.261 e. The predicted molar refractivity (Wildman–Crippen MR) is 169 cm³/mol. The molecule has 0 saturated carbocycles. The van der Waals surface area contributed by atoms with E-state index in [2.05, 4.69) is 76.9 Å². The van der Waals surface area contributed by atoms with Crippen LogP contribution in [0.15, 0.2) is 64.8 Å². The van der Waals surface area contributed by atoms with Crippen LogP contribution in [-0.4, -0.2) is 28.4 Å². The Kier molecular flexibility index (Phi) is 8.36. The molecule has 0 bridgehead atoms. The molecule has 1 aliphatic heterocycles. The van der Waals surface area contributed by atoms with Gasteiger partial charge < -0.3 is 10.8 Å². The molecule has 42 heavy (non-hydrogen) atoms. The molecule has 3 aromatic carbocycles. The van der Waals surface area contributed by atoms with Crippen LogP contribution >= 0.6 is 0 Å². The number of hydrogen-bond donors (Lipinski definition) is 2. The van der Waals surface area contributed by atoms with Crippen LogP contribution < -0.4 is 5.73 Å². The van der Waals surface area contributed by atoms with Crippen molar-refractivity contribution in [2.24, 2.45) is 15.6 Å². The third-order valence-electron chi connectivity index (χ3n) is 8.13. The average Bonchev–Trinajstić information content (AvgIpc) is 3.13. The first-order valence-electron chi connectivity index (χ1n) is 14.7. The average molecular weight is 569 g/mol. The number of aromatic hydroxyl groups is 1. The van der Waals surface area contributed by atoms with Gasteiger partial charge in [-0.05, 0) is 53.0 Å². The number of unbranched alkanes of at least 4 members (excludes halogenated alkanes) is 1. The van der Waals surface area contributed by atoms with E-state index in [-0.39, 0.29) is 50.9 Å². The standard InChI is InChI=1S/C35H44N4O3/c1-9-10-16-39-31(41)24-19-27(36)28(20-25(24)32(39)42)37-38-29-18-23(34(5,6)21-33(2,3)4)17-26(30(29)40)35(7,8)22-14-12-11-13-15-22/h11-15,17-20,40H,9-10,16,21,36H2,1-8H3/b38-37+. The summed E-state index contributed by atoms with van der Waals surface area (Å²) in [5.41, 5.74) is 9.86. The SMILES string of the molecule is CCCCN1C(=O)c2cc(N)c(/N=N/c3cc(C(C)(C)CC(C)(C)C)cc(C(C)(C)c4ccccc4)c3O)cc2C1=O. The number of carbonyl (C=O) groups excluding carboxylic acids is 2. The molecular weight excluding hydrogens is 524 g/mol. The molecule has 3 N–H and O–H groups in total. The Morgan fingerprint density at radius 1 is 0.810 bits per heavy atom. The Morgan fingerprint density at radius 2 is 1.40 bits per heavy atom. The summed E-state index contributed by atoms with van der Waals surface area (Å²) in [6, 6.07) is 17.1. The summed E-state index contributed by atoms with van der Waals surface area (Å²) < 4.78 is 0. The Balaban J connectivity index is 1.82. The van der Waals surface area contributed by atoms with Crippen molar-refractivity contribution in [3.63, 3.8) is 0 Å². The number of benzene rings is 3. The predicted octanol–water partition coefficient (Wildman–Crippen LogP) is 8.83. The Bertz CT molecular complexity index is 1530. The number of carbonyl (C=O) groups is 2. The minimum Gasteiger partial charge on any atom is -0.505 e. The van der Waals surface area contributed by atoms with Crippen LogP contribution in [0.2, 0.25) is 0 Å². The Hall–Kier alpha value is -4.00. The summed E-state index contributed by atoms with van der Waals surface area (Å²) in [5.74, 6) is -0.641. The number of anilines is 1. The summed E-state index contributed by atoms with van der Waals surface area (Å²) in [4.78, 5) is 27.1. The second-order valence-electron chi connectivity index (χ2n) is 13.8. The largest absolute Gasteiger partial charge is 0.505 e. The van der Waals surface area contributed by atoms with Crippen LogP contribution in [0.3, 0.4) is 0 Å². The zero-order valence-electron chi connectivity index (χ0n) is 26.2. The maximum atomic E-state index is 13.0. The van der Waals surface area contributed by atoms with Crippen LogP contribution in [-0.2, 0) is 10.8 Å². The van der Waals surface area contributed by atoms with Crippen molar-refractivity contribution in [1.82, 2.24) is 4.90 Å². The highest BCUT2D eigenvalue weighted by atomic mass is 16.3. The lowest BCUT2D eigenvalue weighted by atomic mass is 9.70.